The van der Waals surface area contributed by atoms with Gasteiger partial charge in [0.2, 0.25) is 0 Å². The molecule has 2 aliphatic rings. The predicted molar refractivity (Wildman–Crippen MR) is 61.5 cm³/mol. The molecular weight excluding hydrogens is 203 g/mol. The molecule has 1 aliphatic carbocycles. The van der Waals surface area contributed by atoms with E-state index in [1.165, 1.54) is 30.5 Å². The van der Waals surface area contributed by atoms with E-state index in [1.807, 2.05) is 12.1 Å². The topological polar surface area (TPSA) is 29.3 Å². The van der Waals surface area contributed by atoms with Crippen LogP contribution in [-0.2, 0) is 0 Å². The molecule has 16 heavy (non-hydrogen) atoms. The van der Waals surface area contributed by atoms with Gasteiger partial charge in [-0.25, -0.2) is 4.39 Å². The Morgan fingerprint density at radius 3 is 2.44 bits per heavy atom. The quantitative estimate of drug-likeness (QED) is 0.826. The van der Waals surface area contributed by atoms with Gasteiger partial charge in [0.15, 0.2) is 0 Å². The van der Waals surface area contributed by atoms with Crippen LogP contribution in [0.4, 0.5) is 4.39 Å². The van der Waals surface area contributed by atoms with Gasteiger partial charge in [-0.3, -0.25) is 4.90 Å². The standard InChI is InChI=1S/C13H17FN2/c14-10-3-1-9(2-4-10)13-12(15)7-8-16(13)11-5-6-11/h1-4,11-13H,5-8,15H2. The molecule has 2 unspecified atom stereocenters. The van der Waals surface area contributed by atoms with Gasteiger partial charge in [0.05, 0.1) is 6.04 Å². The number of hydrogen-bond acceptors (Lipinski definition) is 2. The number of halogens is 1. The van der Waals surface area contributed by atoms with E-state index in [9.17, 15) is 4.39 Å². The van der Waals surface area contributed by atoms with Gasteiger partial charge in [0.25, 0.3) is 0 Å². The summed E-state index contributed by atoms with van der Waals surface area (Å²) in [6.45, 7) is 1.09. The number of likely N-dealkylation sites (tertiary alicyclic amines) is 1. The zero-order chi connectivity index (χ0) is 11.1. The van der Waals surface area contributed by atoms with Gasteiger partial charge in [0, 0.05) is 18.6 Å². The zero-order valence-electron chi connectivity index (χ0n) is 9.27. The second-order valence-electron chi connectivity index (χ2n) is 4.92. The predicted octanol–water partition coefficient (Wildman–Crippen LogP) is 2.06. The lowest BCUT2D eigenvalue weighted by Gasteiger charge is -2.27. The van der Waals surface area contributed by atoms with Gasteiger partial charge in [0.1, 0.15) is 5.82 Å². The second-order valence-corrected chi connectivity index (χ2v) is 4.92. The van der Waals surface area contributed by atoms with Crippen molar-refractivity contribution in [3.63, 3.8) is 0 Å². The van der Waals surface area contributed by atoms with Crippen LogP contribution in [0.25, 0.3) is 0 Å². The van der Waals surface area contributed by atoms with Crippen LogP contribution >= 0.6 is 0 Å². The van der Waals surface area contributed by atoms with E-state index in [4.69, 9.17) is 5.73 Å². The van der Waals surface area contributed by atoms with E-state index in [0.29, 0.717) is 6.04 Å². The summed E-state index contributed by atoms with van der Waals surface area (Å²) in [6, 6.07) is 8.04. The molecule has 2 nitrogen and oxygen atoms in total. The maximum absolute atomic E-state index is 12.9. The summed E-state index contributed by atoms with van der Waals surface area (Å²) < 4.78 is 12.9. The molecule has 1 heterocycles. The maximum Gasteiger partial charge on any atom is 0.123 e. The van der Waals surface area contributed by atoms with Crippen molar-refractivity contribution in [1.29, 1.82) is 0 Å². The number of rotatable bonds is 2. The monoisotopic (exact) mass is 220 g/mol. The lowest BCUT2D eigenvalue weighted by Crippen LogP contribution is -2.33. The van der Waals surface area contributed by atoms with Crippen LogP contribution in [0.3, 0.4) is 0 Å². The molecule has 0 radical (unpaired) electrons. The smallest absolute Gasteiger partial charge is 0.123 e. The minimum Gasteiger partial charge on any atom is -0.326 e. The van der Waals surface area contributed by atoms with Crippen molar-refractivity contribution in [3.8, 4) is 0 Å². The molecule has 0 bridgehead atoms. The molecule has 3 rings (SSSR count). The molecule has 2 N–H and O–H groups in total. The Labute approximate surface area is 95.2 Å². The molecule has 2 fully saturated rings. The SMILES string of the molecule is NC1CCN(C2CC2)C1c1ccc(F)cc1. The van der Waals surface area contributed by atoms with E-state index < -0.39 is 0 Å². The van der Waals surface area contributed by atoms with Crippen molar-refractivity contribution in [1.82, 2.24) is 4.90 Å². The molecule has 3 heteroatoms. The first-order valence-corrected chi connectivity index (χ1v) is 6.02. The minimum atomic E-state index is -0.173. The molecule has 0 aromatic heterocycles. The lowest BCUT2D eigenvalue weighted by molar-refractivity contribution is 0.237. The lowest BCUT2D eigenvalue weighted by atomic mass is 10.0. The van der Waals surface area contributed by atoms with E-state index >= 15 is 0 Å². The van der Waals surface area contributed by atoms with Crippen LogP contribution in [-0.4, -0.2) is 23.5 Å². The molecule has 1 saturated heterocycles. The fourth-order valence-corrected chi connectivity index (χ4v) is 2.76. The fourth-order valence-electron chi connectivity index (χ4n) is 2.76. The largest absolute Gasteiger partial charge is 0.326 e. The Kier molecular flexibility index (Phi) is 2.45. The van der Waals surface area contributed by atoms with E-state index in [-0.39, 0.29) is 11.9 Å². The van der Waals surface area contributed by atoms with Crippen molar-refractivity contribution < 1.29 is 4.39 Å². The third-order valence-corrected chi connectivity index (χ3v) is 3.71. The van der Waals surface area contributed by atoms with Crippen molar-refractivity contribution >= 4 is 0 Å². The van der Waals surface area contributed by atoms with E-state index in [0.717, 1.165) is 19.0 Å². The first kappa shape index (κ1) is 10.2. The first-order valence-electron chi connectivity index (χ1n) is 6.02. The van der Waals surface area contributed by atoms with Crippen LogP contribution in [0.2, 0.25) is 0 Å². The third-order valence-electron chi connectivity index (χ3n) is 3.71. The average molecular weight is 220 g/mol. The highest BCUT2D eigenvalue weighted by Gasteiger charge is 2.41. The summed E-state index contributed by atoms with van der Waals surface area (Å²) in [4.78, 5) is 2.50. The van der Waals surface area contributed by atoms with Gasteiger partial charge in [-0.05, 0) is 37.0 Å². The van der Waals surface area contributed by atoms with Crippen LogP contribution in [0.1, 0.15) is 30.9 Å². The highest BCUT2D eigenvalue weighted by Crippen LogP contribution is 2.40. The zero-order valence-corrected chi connectivity index (χ0v) is 9.27. The average Bonchev–Trinajstić information content (AvgIpc) is 3.05. The summed E-state index contributed by atoms with van der Waals surface area (Å²) in [6.07, 6.45) is 3.65. The van der Waals surface area contributed by atoms with Crippen LogP contribution in [0.15, 0.2) is 24.3 Å². The van der Waals surface area contributed by atoms with Crippen LogP contribution in [0.5, 0.6) is 0 Å². The Hall–Kier alpha value is -0.930. The highest BCUT2D eigenvalue weighted by atomic mass is 19.1. The molecule has 2 atom stereocenters. The van der Waals surface area contributed by atoms with Gasteiger partial charge in [-0.2, -0.15) is 0 Å². The first-order chi connectivity index (χ1) is 7.75. The van der Waals surface area contributed by atoms with Gasteiger partial charge < -0.3 is 5.73 Å². The highest BCUT2D eigenvalue weighted by molar-refractivity contribution is 5.23. The van der Waals surface area contributed by atoms with Gasteiger partial charge >= 0.3 is 0 Å². The molecule has 1 saturated carbocycles. The number of hydrogen-bond donors (Lipinski definition) is 1. The normalized spacial score (nSPS) is 30.9. The summed E-state index contributed by atoms with van der Waals surface area (Å²) in [5.41, 5.74) is 7.33. The molecule has 1 aromatic carbocycles. The Morgan fingerprint density at radius 2 is 1.81 bits per heavy atom. The van der Waals surface area contributed by atoms with Crippen molar-refractivity contribution in [3.05, 3.63) is 35.6 Å². The fraction of sp³-hybridized carbons (Fsp3) is 0.538. The molecule has 0 amide bonds. The van der Waals surface area contributed by atoms with Crippen molar-refractivity contribution in [2.45, 2.75) is 37.4 Å². The molecule has 0 spiro atoms. The van der Waals surface area contributed by atoms with Crippen LogP contribution in [0, 0.1) is 5.82 Å². The second kappa shape index (κ2) is 3.82. The van der Waals surface area contributed by atoms with Crippen LogP contribution < -0.4 is 5.73 Å². The Balaban J connectivity index is 1.87. The molecule has 1 aliphatic heterocycles. The Bertz CT molecular complexity index is 372. The number of nitrogens with zero attached hydrogens (tertiary/aromatic N) is 1. The van der Waals surface area contributed by atoms with E-state index in [2.05, 4.69) is 4.90 Å². The summed E-state index contributed by atoms with van der Waals surface area (Å²) in [5.74, 6) is -0.173. The Morgan fingerprint density at radius 1 is 1.12 bits per heavy atom. The maximum atomic E-state index is 12.9. The molecular formula is C13H17FN2. The number of nitrogens with two attached hydrogens (primary N) is 1. The molecule has 86 valence electrons. The van der Waals surface area contributed by atoms with Gasteiger partial charge in [-0.1, -0.05) is 12.1 Å². The summed E-state index contributed by atoms with van der Waals surface area (Å²) >= 11 is 0. The third kappa shape index (κ3) is 1.74. The summed E-state index contributed by atoms with van der Waals surface area (Å²) in [5, 5.41) is 0. The summed E-state index contributed by atoms with van der Waals surface area (Å²) in [7, 11) is 0. The van der Waals surface area contributed by atoms with Crippen molar-refractivity contribution in [2.24, 2.45) is 5.73 Å². The van der Waals surface area contributed by atoms with E-state index in [1.54, 1.807) is 0 Å². The minimum absolute atomic E-state index is 0.173. The molecule has 1 aromatic rings. The van der Waals surface area contributed by atoms with Gasteiger partial charge in [-0.15, -0.1) is 0 Å². The number of benzene rings is 1. The van der Waals surface area contributed by atoms with Crippen molar-refractivity contribution in [2.75, 3.05) is 6.54 Å².